The maximum absolute atomic E-state index is 13.2. The van der Waals surface area contributed by atoms with E-state index in [2.05, 4.69) is 0 Å². The molecule has 0 bridgehead atoms. The summed E-state index contributed by atoms with van der Waals surface area (Å²) >= 11 is 0. The zero-order valence-electron chi connectivity index (χ0n) is 15.0. The summed E-state index contributed by atoms with van der Waals surface area (Å²) in [5.41, 5.74) is 1.53. The average molecular weight is 357 g/mol. The van der Waals surface area contributed by atoms with E-state index in [1.807, 2.05) is 12.1 Å². The van der Waals surface area contributed by atoms with Gasteiger partial charge in [0.05, 0.1) is 34.0 Å². The third kappa shape index (κ3) is 1.94. The Kier molecular flexibility index (Phi) is 3.68. The number of Topliss-reactive ketones (excluding diaryl/α,β-unsaturated/α-hetero) is 1. The number of nitrogens with zero attached hydrogens (tertiary/aromatic N) is 1. The molecule has 1 aliphatic heterocycles. The van der Waals surface area contributed by atoms with Crippen molar-refractivity contribution in [3.05, 3.63) is 35.4 Å². The highest BCUT2D eigenvalue weighted by Gasteiger charge is 2.49. The van der Waals surface area contributed by atoms with Crippen LogP contribution in [0, 0.1) is 5.92 Å². The second-order valence-electron chi connectivity index (χ2n) is 6.30. The van der Waals surface area contributed by atoms with Crippen LogP contribution in [0.25, 0.3) is 10.9 Å². The molecular weight excluding hydrogens is 338 g/mol. The number of hydrogen-bond acceptors (Lipinski definition) is 6. The van der Waals surface area contributed by atoms with Crippen molar-refractivity contribution in [2.75, 3.05) is 28.4 Å². The molecule has 1 aliphatic carbocycles. The lowest BCUT2D eigenvalue weighted by molar-refractivity contribution is -0.120. The molecule has 2 atom stereocenters. The quantitative estimate of drug-likeness (QED) is 0.837. The normalized spacial score (nSPS) is 21.7. The fourth-order valence-electron chi connectivity index (χ4n) is 4.19. The molecule has 0 fully saturated rings. The van der Waals surface area contributed by atoms with Crippen molar-refractivity contribution in [2.24, 2.45) is 5.92 Å². The third-order valence-electron chi connectivity index (χ3n) is 5.22. The summed E-state index contributed by atoms with van der Waals surface area (Å²) in [5, 5.41) is 0.859. The number of benzene rings is 1. The Bertz CT molecular complexity index is 970. The highest BCUT2D eigenvalue weighted by atomic mass is 16.5. The van der Waals surface area contributed by atoms with Crippen LogP contribution in [0.15, 0.2) is 29.8 Å². The van der Waals surface area contributed by atoms with Crippen molar-refractivity contribution < 1.29 is 28.5 Å². The molecule has 7 heteroatoms. The molecule has 0 unspecified atom stereocenters. The molecule has 0 amide bonds. The second-order valence-corrected chi connectivity index (χ2v) is 6.30. The first-order valence-corrected chi connectivity index (χ1v) is 8.22. The van der Waals surface area contributed by atoms with E-state index in [0.717, 1.165) is 16.5 Å². The zero-order chi connectivity index (χ0) is 18.6. The van der Waals surface area contributed by atoms with Gasteiger partial charge in [0, 0.05) is 29.5 Å². The van der Waals surface area contributed by atoms with Gasteiger partial charge in [0.15, 0.2) is 17.3 Å². The van der Waals surface area contributed by atoms with Gasteiger partial charge in [0.1, 0.15) is 5.92 Å². The number of hydrogen-bond donors (Lipinski definition) is 0. The molecule has 26 heavy (non-hydrogen) atoms. The van der Waals surface area contributed by atoms with Gasteiger partial charge in [0.25, 0.3) is 0 Å². The maximum Gasteiger partial charge on any atom is 0.242 e. The number of carbonyl (C=O) groups excluding carboxylic acids is 2. The zero-order valence-corrected chi connectivity index (χ0v) is 15.0. The predicted octanol–water partition coefficient (Wildman–Crippen LogP) is 2.49. The summed E-state index contributed by atoms with van der Waals surface area (Å²) in [6.45, 7) is 0. The van der Waals surface area contributed by atoms with Crippen LogP contribution in [0.2, 0.25) is 0 Å². The topological polar surface area (TPSA) is 76.0 Å². The summed E-state index contributed by atoms with van der Waals surface area (Å²) in [4.78, 5) is 25.8. The van der Waals surface area contributed by atoms with Crippen LogP contribution < -0.4 is 9.47 Å². The average Bonchev–Trinajstić information content (AvgIpc) is 3.08. The van der Waals surface area contributed by atoms with E-state index in [0.29, 0.717) is 11.5 Å². The van der Waals surface area contributed by atoms with Crippen LogP contribution in [0.1, 0.15) is 22.7 Å². The van der Waals surface area contributed by atoms with Gasteiger partial charge in [-0.05, 0) is 12.1 Å². The Morgan fingerprint density at radius 3 is 2.42 bits per heavy atom. The Morgan fingerprint density at radius 2 is 1.81 bits per heavy atom. The number of ether oxygens (including phenoxy) is 4. The number of carbonyl (C=O) groups is 2. The second kappa shape index (κ2) is 5.79. The van der Waals surface area contributed by atoms with Gasteiger partial charge in [-0.3, -0.25) is 14.2 Å². The van der Waals surface area contributed by atoms with Crippen molar-refractivity contribution in [3.8, 4) is 11.5 Å². The van der Waals surface area contributed by atoms with E-state index in [1.54, 1.807) is 25.0 Å². The molecule has 4 rings (SSSR count). The van der Waals surface area contributed by atoms with Crippen molar-refractivity contribution >= 4 is 22.6 Å². The number of allylic oxidation sites excluding steroid dienone is 2. The fraction of sp³-hybridized carbons (Fsp3) is 0.368. The van der Waals surface area contributed by atoms with Crippen molar-refractivity contribution in [3.63, 3.8) is 0 Å². The molecule has 0 radical (unpaired) electrons. The molecule has 0 saturated carbocycles. The fourth-order valence-corrected chi connectivity index (χ4v) is 4.19. The smallest absolute Gasteiger partial charge is 0.242 e. The van der Waals surface area contributed by atoms with Gasteiger partial charge in [-0.2, -0.15) is 0 Å². The molecule has 1 aromatic carbocycles. The summed E-state index contributed by atoms with van der Waals surface area (Å²) < 4.78 is 23.4. The Morgan fingerprint density at radius 1 is 1.04 bits per heavy atom. The molecule has 0 saturated heterocycles. The van der Waals surface area contributed by atoms with Gasteiger partial charge in [-0.15, -0.1) is 0 Å². The van der Waals surface area contributed by atoms with Crippen LogP contribution >= 0.6 is 0 Å². The van der Waals surface area contributed by atoms with Crippen LogP contribution in [-0.4, -0.2) is 44.7 Å². The molecule has 1 aromatic heterocycles. The first kappa shape index (κ1) is 16.5. The SMILES string of the molecule is COC1=C(OC)[C@H]2C(=O)n3ccc4cc(OC)c(OC)c(c43)[C@H]2CC1=O. The van der Waals surface area contributed by atoms with Crippen LogP contribution in [0.4, 0.5) is 0 Å². The number of methoxy groups -OCH3 is 4. The Hall–Kier alpha value is -2.96. The van der Waals surface area contributed by atoms with Crippen molar-refractivity contribution in [1.82, 2.24) is 4.57 Å². The molecule has 7 nitrogen and oxygen atoms in total. The molecular formula is C19H19NO6. The summed E-state index contributed by atoms with van der Waals surface area (Å²) in [7, 11) is 5.97. The largest absolute Gasteiger partial charge is 0.496 e. The highest BCUT2D eigenvalue weighted by Crippen LogP contribution is 2.52. The number of fused-ring (bicyclic) bond motifs is 2. The lowest BCUT2D eigenvalue weighted by Gasteiger charge is -2.36. The molecule has 136 valence electrons. The van der Waals surface area contributed by atoms with E-state index >= 15 is 0 Å². The van der Waals surface area contributed by atoms with Gasteiger partial charge in [-0.25, -0.2) is 0 Å². The van der Waals surface area contributed by atoms with Crippen LogP contribution in [0.5, 0.6) is 11.5 Å². The van der Waals surface area contributed by atoms with Gasteiger partial charge in [-0.1, -0.05) is 0 Å². The Labute approximate surface area is 150 Å². The van der Waals surface area contributed by atoms with E-state index in [-0.39, 0.29) is 29.6 Å². The van der Waals surface area contributed by atoms with Crippen molar-refractivity contribution in [2.45, 2.75) is 12.3 Å². The number of ketones is 1. The predicted molar refractivity (Wildman–Crippen MR) is 92.6 cm³/mol. The molecule has 0 N–H and O–H groups in total. The lowest BCUT2D eigenvalue weighted by Crippen LogP contribution is -2.39. The summed E-state index contributed by atoms with van der Waals surface area (Å²) in [6, 6.07) is 3.69. The summed E-state index contributed by atoms with van der Waals surface area (Å²) in [6.07, 6.45) is 1.86. The van der Waals surface area contributed by atoms with Gasteiger partial charge >= 0.3 is 0 Å². The third-order valence-corrected chi connectivity index (χ3v) is 5.22. The van der Waals surface area contributed by atoms with E-state index in [4.69, 9.17) is 18.9 Å². The highest BCUT2D eigenvalue weighted by molar-refractivity contribution is 6.06. The summed E-state index contributed by atoms with van der Waals surface area (Å²) in [5.74, 6) is 0.0582. The lowest BCUT2D eigenvalue weighted by atomic mass is 9.73. The van der Waals surface area contributed by atoms with Gasteiger partial charge in [0.2, 0.25) is 17.4 Å². The molecule has 2 heterocycles. The molecule has 2 aromatic rings. The van der Waals surface area contributed by atoms with Crippen LogP contribution in [0.3, 0.4) is 0 Å². The first-order chi connectivity index (χ1) is 12.6. The van der Waals surface area contributed by atoms with E-state index < -0.39 is 11.8 Å². The minimum absolute atomic E-state index is 0.107. The first-order valence-electron chi connectivity index (χ1n) is 8.22. The molecule has 2 aliphatic rings. The van der Waals surface area contributed by atoms with Crippen LogP contribution in [-0.2, 0) is 14.3 Å². The number of rotatable bonds is 4. The monoisotopic (exact) mass is 357 g/mol. The maximum atomic E-state index is 13.2. The Balaban J connectivity index is 2.07. The number of aromatic nitrogens is 1. The standard InChI is InChI=1S/C19H19NO6/c1-23-12-7-9-5-6-20-15(9)13(17(12)25-3)10-8-11(21)16(24-2)18(26-4)14(10)19(20)22/h5-7,10,14H,8H2,1-4H3/t10-,14+/m1/s1. The van der Waals surface area contributed by atoms with Gasteiger partial charge < -0.3 is 18.9 Å². The van der Waals surface area contributed by atoms with E-state index in [1.165, 1.54) is 14.2 Å². The molecule has 0 spiro atoms. The van der Waals surface area contributed by atoms with E-state index in [9.17, 15) is 9.59 Å². The van der Waals surface area contributed by atoms with Crippen molar-refractivity contribution in [1.29, 1.82) is 0 Å². The minimum Gasteiger partial charge on any atom is -0.496 e. The minimum atomic E-state index is -0.656.